The molecule has 0 aliphatic heterocycles. The van der Waals surface area contributed by atoms with E-state index in [0.29, 0.717) is 12.6 Å². The molecule has 3 rings (SSSR count). The zero-order valence-corrected chi connectivity index (χ0v) is 12.7. The maximum absolute atomic E-state index is 5.83. The van der Waals surface area contributed by atoms with E-state index in [-0.39, 0.29) is 0 Å². The first-order valence-corrected chi connectivity index (χ1v) is 7.30. The first-order chi connectivity index (χ1) is 10.2. The average molecular weight is 284 g/mol. The molecular formula is C16H20N4O. The predicted octanol–water partition coefficient (Wildman–Crippen LogP) is 3.41. The number of hydrogen-bond donors (Lipinski definition) is 0. The molecule has 0 saturated heterocycles. The van der Waals surface area contributed by atoms with Gasteiger partial charge in [0.25, 0.3) is 0 Å². The lowest BCUT2D eigenvalue weighted by molar-refractivity contribution is 0.300. The minimum atomic E-state index is 0.336. The molecule has 1 aromatic carbocycles. The van der Waals surface area contributed by atoms with Gasteiger partial charge in [-0.3, -0.25) is 9.36 Å². The topological polar surface area (TPSA) is 44.9 Å². The number of benzene rings is 1. The molecule has 2 heterocycles. The van der Waals surface area contributed by atoms with Crippen molar-refractivity contribution in [3.63, 3.8) is 0 Å². The van der Waals surface area contributed by atoms with E-state index >= 15 is 0 Å². The van der Waals surface area contributed by atoms with E-state index in [1.165, 1.54) is 0 Å². The standard InChI is InChI=1S/C16H20N4O/c1-4-19-16-8-6-5-7-14(16)15(18-19)11-21-13-9-17-20(10-13)12(2)3/h5-10,12H,4,11H2,1-3H3. The summed E-state index contributed by atoms with van der Waals surface area (Å²) in [5.74, 6) is 0.777. The molecule has 0 unspecified atom stereocenters. The smallest absolute Gasteiger partial charge is 0.157 e. The Morgan fingerprint density at radius 3 is 2.76 bits per heavy atom. The fourth-order valence-electron chi connectivity index (χ4n) is 2.37. The molecule has 0 saturated carbocycles. The summed E-state index contributed by atoms with van der Waals surface area (Å²) in [6, 6.07) is 8.58. The van der Waals surface area contributed by atoms with Gasteiger partial charge in [0, 0.05) is 18.0 Å². The van der Waals surface area contributed by atoms with Crippen molar-refractivity contribution in [3.8, 4) is 5.75 Å². The van der Waals surface area contributed by atoms with Crippen molar-refractivity contribution < 1.29 is 4.74 Å². The molecule has 0 N–H and O–H groups in total. The monoisotopic (exact) mass is 284 g/mol. The van der Waals surface area contributed by atoms with E-state index in [1.807, 2.05) is 27.7 Å². The van der Waals surface area contributed by atoms with Crippen molar-refractivity contribution in [1.82, 2.24) is 19.6 Å². The van der Waals surface area contributed by atoms with Crippen LogP contribution >= 0.6 is 0 Å². The highest BCUT2D eigenvalue weighted by atomic mass is 16.5. The summed E-state index contributed by atoms with van der Waals surface area (Å²) >= 11 is 0. The molecule has 5 nitrogen and oxygen atoms in total. The molecule has 0 spiro atoms. The number of aryl methyl sites for hydroxylation is 1. The molecule has 0 atom stereocenters. The third-order valence-corrected chi connectivity index (χ3v) is 3.52. The molecule has 2 aromatic heterocycles. The molecule has 3 aromatic rings. The fourth-order valence-corrected chi connectivity index (χ4v) is 2.37. The van der Waals surface area contributed by atoms with Crippen LogP contribution in [0, 0.1) is 0 Å². The van der Waals surface area contributed by atoms with Crippen LogP contribution in [-0.2, 0) is 13.2 Å². The summed E-state index contributed by atoms with van der Waals surface area (Å²) < 4.78 is 9.72. The van der Waals surface area contributed by atoms with Gasteiger partial charge in [-0.05, 0) is 26.8 Å². The van der Waals surface area contributed by atoms with Gasteiger partial charge in [0.1, 0.15) is 12.3 Å². The van der Waals surface area contributed by atoms with Crippen LogP contribution in [0.4, 0.5) is 0 Å². The number of aromatic nitrogens is 4. The van der Waals surface area contributed by atoms with Crippen LogP contribution in [0.2, 0.25) is 0 Å². The summed E-state index contributed by atoms with van der Waals surface area (Å²) in [6.45, 7) is 7.58. The minimum Gasteiger partial charge on any atom is -0.484 e. The van der Waals surface area contributed by atoms with Crippen LogP contribution in [0.25, 0.3) is 10.9 Å². The van der Waals surface area contributed by atoms with Gasteiger partial charge < -0.3 is 4.74 Å². The minimum absolute atomic E-state index is 0.336. The summed E-state index contributed by atoms with van der Waals surface area (Å²) in [5, 5.41) is 10.1. The quantitative estimate of drug-likeness (QED) is 0.721. The highest BCUT2D eigenvalue weighted by Crippen LogP contribution is 2.20. The van der Waals surface area contributed by atoms with E-state index in [0.717, 1.165) is 28.9 Å². The Hall–Kier alpha value is -2.30. The predicted molar refractivity (Wildman–Crippen MR) is 82.4 cm³/mol. The Kier molecular flexibility index (Phi) is 3.64. The summed E-state index contributed by atoms with van der Waals surface area (Å²) in [6.07, 6.45) is 3.67. The molecule has 0 amide bonds. The molecule has 0 aliphatic carbocycles. The van der Waals surface area contributed by atoms with Gasteiger partial charge in [-0.1, -0.05) is 18.2 Å². The maximum Gasteiger partial charge on any atom is 0.157 e. The number of nitrogens with zero attached hydrogens (tertiary/aromatic N) is 4. The summed E-state index contributed by atoms with van der Waals surface area (Å²) in [5.41, 5.74) is 2.11. The molecule has 21 heavy (non-hydrogen) atoms. The molecule has 0 fully saturated rings. The van der Waals surface area contributed by atoms with E-state index in [9.17, 15) is 0 Å². The van der Waals surface area contributed by atoms with Crippen LogP contribution in [0.15, 0.2) is 36.7 Å². The Morgan fingerprint density at radius 2 is 2.05 bits per heavy atom. The van der Waals surface area contributed by atoms with Crippen LogP contribution < -0.4 is 4.74 Å². The summed E-state index contributed by atoms with van der Waals surface area (Å²) in [7, 11) is 0. The third kappa shape index (κ3) is 2.63. The lowest BCUT2D eigenvalue weighted by Gasteiger charge is -2.03. The Morgan fingerprint density at radius 1 is 1.24 bits per heavy atom. The second-order valence-corrected chi connectivity index (χ2v) is 5.32. The average Bonchev–Trinajstić information content (AvgIpc) is 3.10. The van der Waals surface area contributed by atoms with Gasteiger partial charge in [-0.15, -0.1) is 0 Å². The number of rotatable bonds is 5. The van der Waals surface area contributed by atoms with Crippen molar-refractivity contribution in [2.45, 2.75) is 40.0 Å². The molecule has 5 heteroatoms. The van der Waals surface area contributed by atoms with Crippen LogP contribution in [-0.4, -0.2) is 19.6 Å². The largest absolute Gasteiger partial charge is 0.484 e. The number of ether oxygens (including phenoxy) is 1. The van der Waals surface area contributed by atoms with Crippen molar-refractivity contribution in [3.05, 3.63) is 42.4 Å². The zero-order chi connectivity index (χ0) is 14.8. The van der Waals surface area contributed by atoms with E-state index in [2.05, 4.69) is 43.1 Å². The second kappa shape index (κ2) is 5.60. The normalized spacial score (nSPS) is 11.4. The Bertz CT molecular complexity index is 742. The highest BCUT2D eigenvalue weighted by molar-refractivity contribution is 5.81. The van der Waals surface area contributed by atoms with Crippen LogP contribution in [0.5, 0.6) is 5.75 Å². The van der Waals surface area contributed by atoms with E-state index in [4.69, 9.17) is 4.74 Å². The Balaban J connectivity index is 1.81. The lowest BCUT2D eigenvalue weighted by atomic mass is 10.2. The fraction of sp³-hybridized carbons (Fsp3) is 0.375. The SMILES string of the molecule is CCn1nc(COc2cnn(C(C)C)c2)c2ccccc21. The van der Waals surface area contributed by atoms with Gasteiger partial charge in [0.15, 0.2) is 5.75 Å². The molecule has 0 aliphatic rings. The maximum atomic E-state index is 5.83. The van der Waals surface area contributed by atoms with Gasteiger partial charge in [0.2, 0.25) is 0 Å². The van der Waals surface area contributed by atoms with Gasteiger partial charge in [-0.2, -0.15) is 10.2 Å². The Labute approximate surface area is 124 Å². The van der Waals surface area contributed by atoms with Crippen molar-refractivity contribution >= 4 is 10.9 Å². The van der Waals surface area contributed by atoms with Crippen LogP contribution in [0.3, 0.4) is 0 Å². The molecule has 110 valence electrons. The van der Waals surface area contributed by atoms with E-state index < -0.39 is 0 Å². The van der Waals surface area contributed by atoms with Gasteiger partial charge in [0.05, 0.1) is 17.9 Å². The van der Waals surface area contributed by atoms with Crippen molar-refractivity contribution in [2.24, 2.45) is 0 Å². The summed E-state index contributed by atoms with van der Waals surface area (Å²) in [4.78, 5) is 0. The lowest BCUT2D eigenvalue weighted by Crippen LogP contribution is -2.01. The number of hydrogen-bond acceptors (Lipinski definition) is 3. The van der Waals surface area contributed by atoms with Crippen LogP contribution in [0.1, 0.15) is 32.5 Å². The molecular weight excluding hydrogens is 264 g/mol. The number of para-hydroxylation sites is 1. The van der Waals surface area contributed by atoms with Gasteiger partial charge >= 0.3 is 0 Å². The second-order valence-electron chi connectivity index (χ2n) is 5.32. The first kappa shape index (κ1) is 13.7. The third-order valence-electron chi connectivity index (χ3n) is 3.52. The molecule has 0 bridgehead atoms. The first-order valence-electron chi connectivity index (χ1n) is 7.30. The number of fused-ring (bicyclic) bond motifs is 1. The van der Waals surface area contributed by atoms with Crippen molar-refractivity contribution in [1.29, 1.82) is 0 Å². The van der Waals surface area contributed by atoms with Crippen molar-refractivity contribution in [2.75, 3.05) is 0 Å². The molecule has 0 radical (unpaired) electrons. The van der Waals surface area contributed by atoms with Gasteiger partial charge in [-0.25, -0.2) is 0 Å². The van der Waals surface area contributed by atoms with E-state index in [1.54, 1.807) is 6.20 Å². The highest BCUT2D eigenvalue weighted by Gasteiger charge is 2.10. The zero-order valence-electron chi connectivity index (χ0n) is 12.7.